The molecule has 262 valence electrons. The third kappa shape index (κ3) is 8.34. The molecule has 1 saturated carbocycles. The van der Waals surface area contributed by atoms with Gasteiger partial charge >= 0.3 is 0 Å². The standard InChI is InChI=1S/C35H46ClN9O4/c1-23(11-38-22-39-21-37)49-33-10-26(3-9-31(33)36)27-12-40-35(41-13-27)42-32-15-45(43-34(32)48-19-25-17-46-18-25)29-7-5-28(6-8-29)44-14-24-2-4-30(44)20-47-16-24/h3,9-10,12-13,15,21-25,28-30H,2,4-8,11,14,16-20H2,1H3,(H2,37,38,39)(H,40,41,42)/t23-,24+,28?,29?,30+/m0/s1. The highest BCUT2D eigenvalue weighted by molar-refractivity contribution is 6.32. The molecule has 5 aliphatic rings. The number of aliphatic imine (C=N–C) groups is 2. The number of ether oxygens (including phenoxy) is 4. The van der Waals surface area contributed by atoms with Crippen molar-refractivity contribution in [1.29, 1.82) is 0 Å². The van der Waals surface area contributed by atoms with E-state index in [9.17, 15) is 0 Å². The normalized spacial score (nSPS) is 25.3. The first-order valence-electron chi connectivity index (χ1n) is 17.4. The number of fused-ring (bicyclic) bond motifs is 4. The minimum absolute atomic E-state index is 0.214. The van der Waals surface area contributed by atoms with Crippen LogP contribution in [-0.4, -0.2) is 102 Å². The van der Waals surface area contributed by atoms with Gasteiger partial charge in [-0.3, -0.25) is 14.6 Å². The molecule has 4 saturated heterocycles. The van der Waals surface area contributed by atoms with Crippen molar-refractivity contribution < 1.29 is 18.9 Å². The van der Waals surface area contributed by atoms with Crippen LogP contribution < -0.4 is 20.5 Å². The second kappa shape index (κ2) is 15.8. The maximum absolute atomic E-state index is 6.44. The fourth-order valence-corrected chi connectivity index (χ4v) is 7.38. The lowest BCUT2D eigenvalue weighted by Gasteiger charge is -2.43. The molecule has 2 bridgehead atoms. The van der Waals surface area contributed by atoms with E-state index in [2.05, 4.69) is 34.9 Å². The van der Waals surface area contributed by atoms with Crippen LogP contribution in [0.3, 0.4) is 0 Å². The van der Waals surface area contributed by atoms with Crippen molar-refractivity contribution in [2.24, 2.45) is 27.6 Å². The monoisotopic (exact) mass is 691 g/mol. The topological polar surface area (TPSA) is 147 Å². The molecular weight excluding hydrogens is 646 g/mol. The summed E-state index contributed by atoms with van der Waals surface area (Å²) >= 11 is 6.44. The molecule has 4 aliphatic heterocycles. The molecule has 2 aromatic heterocycles. The minimum Gasteiger partial charge on any atom is -0.487 e. The van der Waals surface area contributed by atoms with E-state index in [4.69, 9.17) is 41.4 Å². The summed E-state index contributed by atoms with van der Waals surface area (Å²) in [6, 6.07) is 7.13. The van der Waals surface area contributed by atoms with Gasteiger partial charge in [0.2, 0.25) is 5.95 Å². The van der Waals surface area contributed by atoms with Crippen molar-refractivity contribution in [1.82, 2.24) is 24.6 Å². The minimum atomic E-state index is -0.214. The maximum Gasteiger partial charge on any atom is 0.256 e. The zero-order valence-corrected chi connectivity index (χ0v) is 28.8. The number of anilines is 2. The van der Waals surface area contributed by atoms with Crippen LogP contribution in [0.1, 0.15) is 51.5 Å². The van der Waals surface area contributed by atoms with Crippen LogP contribution >= 0.6 is 11.6 Å². The molecular formula is C35H46ClN9O4. The zero-order chi connectivity index (χ0) is 33.6. The molecule has 14 heteroatoms. The lowest BCUT2D eigenvalue weighted by molar-refractivity contribution is -0.0514. The number of piperidine rings is 1. The second-order valence-corrected chi connectivity index (χ2v) is 14.0. The SMILES string of the molecule is C[C@@H](CN=CN=CN)Oc1cc(-c2cnc(Nc3cn(C4CCC(N5C[C@H]6CC[C@@H]5COC6)CC4)nc3OCC3COC3)nc2)ccc1Cl. The lowest BCUT2D eigenvalue weighted by Crippen LogP contribution is -2.50. The Balaban J connectivity index is 1.01. The van der Waals surface area contributed by atoms with Gasteiger partial charge in [-0.2, -0.15) is 0 Å². The maximum atomic E-state index is 6.44. The third-order valence-electron chi connectivity index (χ3n) is 9.97. The molecule has 3 N–H and O–H groups in total. The molecule has 3 atom stereocenters. The van der Waals surface area contributed by atoms with Gasteiger partial charge in [0, 0.05) is 42.5 Å². The Morgan fingerprint density at radius 2 is 1.80 bits per heavy atom. The fraction of sp³-hybridized carbons (Fsp3) is 0.571. The van der Waals surface area contributed by atoms with E-state index in [1.807, 2.05) is 25.3 Å². The van der Waals surface area contributed by atoms with Crippen LogP contribution in [0, 0.1) is 11.8 Å². The molecule has 0 spiro atoms. The van der Waals surface area contributed by atoms with E-state index >= 15 is 0 Å². The van der Waals surface area contributed by atoms with Crippen LogP contribution in [-0.2, 0) is 9.47 Å². The number of nitrogens with two attached hydrogens (primary N) is 1. The van der Waals surface area contributed by atoms with E-state index in [1.165, 1.54) is 44.9 Å². The summed E-state index contributed by atoms with van der Waals surface area (Å²) in [5.41, 5.74) is 7.71. The molecule has 6 heterocycles. The molecule has 13 nitrogen and oxygen atoms in total. The summed E-state index contributed by atoms with van der Waals surface area (Å²) in [6.45, 7) is 7.32. The number of nitrogens with zero attached hydrogens (tertiary/aromatic N) is 7. The quantitative estimate of drug-likeness (QED) is 0.183. The zero-order valence-electron chi connectivity index (χ0n) is 28.0. The Kier molecular flexibility index (Phi) is 10.9. The predicted molar refractivity (Wildman–Crippen MR) is 189 cm³/mol. The molecule has 8 rings (SSSR count). The van der Waals surface area contributed by atoms with Crippen molar-refractivity contribution in [3.63, 3.8) is 0 Å². The fourth-order valence-electron chi connectivity index (χ4n) is 7.22. The number of benzene rings is 1. The smallest absolute Gasteiger partial charge is 0.256 e. The Labute approximate surface area is 292 Å². The van der Waals surface area contributed by atoms with Crippen molar-refractivity contribution in [3.05, 3.63) is 41.8 Å². The highest BCUT2D eigenvalue weighted by atomic mass is 35.5. The molecule has 1 aliphatic carbocycles. The Morgan fingerprint density at radius 3 is 2.57 bits per heavy atom. The number of hydrogen-bond donors (Lipinski definition) is 2. The highest BCUT2D eigenvalue weighted by Crippen LogP contribution is 2.38. The van der Waals surface area contributed by atoms with E-state index < -0.39 is 0 Å². The first-order valence-corrected chi connectivity index (χ1v) is 17.8. The van der Waals surface area contributed by atoms with Gasteiger partial charge in [0.05, 0.1) is 63.2 Å². The molecule has 0 unspecified atom stereocenters. The summed E-state index contributed by atoms with van der Waals surface area (Å²) in [7, 11) is 0. The van der Waals surface area contributed by atoms with Gasteiger partial charge in [0.25, 0.3) is 5.88 Å². The summed E-state index contributed by atoms with van der Waals surface area (Å²) < 4.78 is 25.7. The largest absolute Gasteiger partial charge is 0.487 e. The van der Waals surface area contributed by atoms with E-state index in [1.54, 1.807) is 18.5 Å². The number of nitrogens with one attached hydrogen (secondary N) is 1. The van der Waals surface area contributed by atoms with Crippen LogP contribution in [0.2, 0.25) is 5.02 Å². The molecule has 0 amide bonds. The second-order valence-electron chi connectivity index (χ2n) is 13.6. The Morgan fingerprint density at radius 1 is 1.02 bits per heavy atom. The lowest BCUT2D eigenvalue weighted by atomic mass is 9.86. The van der Waals surface area contributed by atoms with Crippen molar-refractivity contribution in [2.75, 3.05) is 51.4 Å². The van der Waals surface area contributed by atoms with Gasteiger partial charge in [0.15, 0.2) is 0 Å². The van der Waals surface area contributed by atoms with Crippen LogP contribution in [0.5, 0.6) is 11.6 Å². The van der Waals surface area contributed by atoms with E-state index in [0.29, 0.717) is 65.7 Å². The number of rotatable bonds is 13. The first-order chi connectivity index (χ1) is 24.0. The van der Waals surface area contributed by atoms with Crippen LogP contribution in [0.15, 0.2) is 46.8 Å². The van der Waals surface area contributed by atoms with Gasteiger partial charge in [0.1, 0.15) is 23.9 Å². The van der Waals surface area contributed by atoms with Gasteiger partial charge in [-0.15, -0.1) is 5.10 Å². The summed E-state index contributed by atoms with van der Waals surface area (Å²) in [4.78, 5) is 20.0. The summed E-state index contributed by atoms with van der Waals surface area (Å²) in [6.07, 6.45) is 15.1. The number of hydrogen-bond acceptors (Lipinski definition) is 10. The van der Waals surface area contributed by atoms with Crippen LogP contribution in [0.25, 0.3) is 11.1 Å². The summed E-state index contributed by atoms with van der Waals surface area (Å²) in [5, 5.41) is 8.82. The van der Waals surface area contributed by atoms with Gasteiger partial charge in [-0.25, -0.2) is 15.0 Å². The summed E-state index contributed by atoms with van der Waals surface area (Å²) in [5.74, 6) is 2.65. The molecule has 3 aromatic rings. The molecule has 5 fully saturated rings. The van der Waals surface area contributed by atoms with Crippen molar-refractivity contribution in [3.8, 4) is 22.8 Å². The van der Waals surface area contributed by atoms with Gasteiger partial charge < -0.3 is 30.0 Å². The molecule has 0 radical (unpaired) electrons. The third-order valence-corrected chi connectivity index (χ3v) is 10.3. The van der Waals surface area contributed by atoms with E-state index in [-0.39, 0.29) is 6.10 Å². The average Bonchev–Trinajstić information content (AvgIpc) is 3.23. The molecule has 1 aromatic carbocycles. The number of halogens is 1. The first kappa shape index (κ1) is 33.7. The van der Waals surface area contributed by atoms with Gasteiger partial charge in [-0.1, -0.05) is 17.7 Å². The van der Waals surface area contributed by atoms with Crippen molar-refractivity contribution in [2.45, 2.75) is 69.7 Å². The van der Waals surface area contributed by atoms with Crippen molar-refractivity contribution >= 4 is 35.9 Å². The Hall–Kier alpha value is -3.78. The van der Waals surface area contributed by atoms with Crippen LogP contribution in [0.4, 0.5) is 11.6 Å². The average molecular weight is 692 g/mol. The highest BCUT2D eigenvalue weighted by Gasteiger charge is 2.38. The predicted octanol–water partition coefficient (Wildman–Crippen LogP) is 5.14. The molecule has 49 heavy (non-hydrogen) atoms. The number of aromatic nitrogens is 4. The Bertz CT molecular complexity index is 1590. The van der Waals surface area contributed by atoms with Gasteiger partial charge in [-0.05, 0) is 69.1 Å². The van der Waals surface area contributed by atoms with E-state index in [0.717, 1.165) is 56.1 Å².